The van der Waals surface area contributed by atoms with Crippen LogP contribution in [0.1, 0.15) is 70.6 Å². The summed E-state index contributed by atoms with van der Waals surface area (Å²) < 4.78 is 0. The molecule has 1 N–H and O–H groups in total. The molecule has 132 valence electrons. The van der Waals surface area contributed by atoms with Crippen LogP contribution >= 0.6 is 0 Å². The van der Waals surface area contributed by atoms with E-state index in [0.717, 1.165) is 25.4 Å². The Morgan fingerprint density at radius 3 is 2.42 bits per heavy atom. The SMILES string of the molecule is O=C(CCC1CCCCC1)Nc1ccc(N2CCCCCC2)cn1. The Bertz CT molecular complexity index is 500. The van der Waals surface area contributed by atoms with Crippen LogP contribution in [0.25, 0.3) is 0 Å². The first-order valence-electron chi connectivity index (χ1n) is 9.82. The third-order valence-corrected chi connectivity index (χ3v) is 5.49. The van der Waals surface area contributed by atoms with E-state index in [9.17, 15) is 4.79 Å². The molecule has 0 atom stereocenters. The number of carbonyl (C=O) groups excluding carboxylic acids is 1. The smallest absolute Gasteiger partial charge is 0.225 e. The quantitative estimate of drug-likeness (QED) is 0.847. The molecule has 0 aromatic carbocycles. The second-order valence-corrected chi connectivity index (χ2v) is 7.39. The van der Waals surface area contributed by atoms with Crippen LogP contribution in [-0.4, -0.2) is 24.0 Å². The van der Waals surface area contributed by atoms with E-state index in [1.807, 2.05) is 12.3 Å². The van der Waals surface area contributed by atoms with Crippen molar-refractivity contribution >= 4 is 17.4 Å². The molecular formula is C20H31N3O. The molecule has 0 radical (unpaired) electrons. The highest BCUT2D eigenvalue weighted by Crippen LogP contribution is 2.27. The van der Waals surface area contributed by atoms with E-state index in [1.54, 1.807) is 0 Å². The summed E-state index contributed by atoms with van der Waals surface area (Å²) in [5, 5.41) is 2.96. The van der Waals surface area contributed by atoms with Gasteiger partial charge in [0.05, 0.1) is 11.9 Å². The first kappa shape index (κ1) is 17.2. The van der Waals surface area contributed by atoms with Crippen molar-refractivity contribution < 1.29 is 4.79 Å². The van der Waals surface area contributed by atoms with Crippen molar-refractivity contribution in [2.24, 2.45) is 5.92 Å². The number of nitrogens with zero attached hydrogens (tertiary/aromatic N) is 2. The monoisotopic (exact) mass is 329 g/mol. The van der Waals surface area contributed by atoms with Crippen molar-refractivity contribution in [2.45, 2.75) is 70.6 Å². The molecular weight excluding hydrogens is 298 g/mol. The highest BCUT2D eigenvalue weighted by Gasteiger charge is 2.15. The second kappa shape index (κ2) is 9.05. The van der Waals surface area contributed by atoms with Gasteiger partial charge in [0.2, 0.25) is 5.91 Å². The Hall–Kier alpha value is -1.58. The van der Waals surface area contributed by atoms with Gasteiger partial charge in [0.15, 0.2) is 0 Å². The molecule has 0 spiro atoms. The molecule has 3 rings (SSSR count). The van der Waals surface area contributed by atoms with Gasteiger partial charge in [-0.3, -0.25) is 4.79 Å². The van der Waals surface area contributed by atoms with E-state index in [-0.39, 0.29) is 5.91 Å². The standard InChI is InChI=1S/C20H31N3O/c24-20(13-10-17-8-4-3-5-9-17)22-19-12-11-18(16-21-19)23-14-6-1-2-7-15-23/h11-12,16-17H,1-10,13-15H2,(H,21,22,24). The van der Waals surface area contributed by atoms with Gasteiger partial charge in [0.25, 0.3) is 0 Å². The van der Waals surface area contributed by atoms with Crippen LogP contribution in [0.5, 0.6) is 0 Å². The fourth-order valence-electron chi connectivity index (χ4n) is 3.99. The predicted octanol–water partition coefficient (Wildman–Crippen LogP) is 4.76. The molecule has 1 aliphatic carbocycles. The van der Waals surface area contributed by atoms with Crippen LogP contribution in [0.15, 0.2) is 18.3 Å². The first-order valence-corrected chi connectivity index (χ1v) is 9.82. The van der Waals surface area contributed by atoms with Crippen molar-refractivity contribution in [3.63, 3.8) is 0 Å². The summed E-state index contributed by atoms with van der Waals surface area (Å²) in [6.07, 6.45) is 15.4. The molecule has 2 heterocycles. The summed E-state index contributed by atoms with van der Waals surface area (Å²) >= 11 is 0. The number of amides is 1. The Labute approximate surface area is 146 Å². The van der Waals surface area contributed by atoms with Crippen LogP contribution < -0.4 is 10.2 Å². The average molecular weight is 329 g/mol. The summed E-state index contributed by atoms with van der Waals surface area (Å²) in [6, 6.07) is 4.04. The predicted molar refractivity (Wildman–Crippen MR) is 99.4 cm³/mol. The molecule has 4 nitrogen and oxygen atoms in total. The second-order valence-electron chi connectivity index (χ2n) is 7.39. The summed E-state index contributed by atoms with van der Waals surface area (Å²) in [7, 11) is 0. The Morgan fingerprint density at radius 1 is 1.04 bits per heavy atom. The lowest BCUT2D eigenvalue weighted by atomic mass is 9.86. The lowest BCUT2D eigenvalue weighted by Crippen LogP contribution is -2.24. The van der Waals surface area contributed by atoms with Crippen LogP contribution in [0.4, 0.5) is 11.5 Å². The number of aromatic nitrogens is 1. The van der Waals surface area contributed by atoms with Gasteiger partial charge in [-0.05, 0) is 37.3 Å². The molecule has 0 unspecified atom stereocenters. The zero-order chi connectivity index (χ0) is 16.6. The number of hydrogen-bond donors (Lipinski definition) is 1. The lowest BCUT2D eigenvalue weighted by Gasteiger charge is -2.22. The molecule has 0 bridgehead atoms. The Morgan fingerprint density at radius 2 is 1.75 bits per heavy atom. The molecule has 2 aliphatic rings. The summed E-state index contributed by atoms with van der Waals surface area (Å²) in [4.78, 5) is 19.0. The van der Waals surface area contributed by atoms with Gasteiger partial charge in [-0.25, -0.2) is 4.98 Å². The van der Waals surface area contributed by atoms with Gasteiger partial charge < -0.3 is 10.2 Å². The van der Waals surface area contributed by atoms with Gasteiger partial charge >= 0.3 is 0 Å². The normalized spacial score (nSPS) is 19.8. The fourth-order valence-corrected chi connectivity index (χ4v) is 3.99. The molecule has 4 heteroatoms. The van der Waals surface area contributed by atoms with Crippen LogP contribution in [0.3, 0.4) is 0 Å². The van der Waals surface area contributed by atoms with Crippen molar-refractivity contribution in [2.75, 3.05) is 23.3 Å². The number of nitrogens with one attached hydrogen (secondary N) is 1. The maximum absolute atomic E-state index is 12.1. The zero-order valence-electron chi connectivity index (χ0n) is 14.8. The lowest BCUT2D eigenvalue weighted by molar-refractivity contribution is -0.116. The van der Waals surface area contributed by atoms with E-state index < -0.39 is 0 Å². The molecule has 24 heavy (non-hydrogen) atoms. The molecule has 1 saturated carbocycles. The third-order valence-electron chi connectivity index (χ3n) is 5.49. The van der Waals surface area contributed by atoms with Crippen molar-refractivity contribution in [1.82, 2.24) is 4.98 Å². The van der Waals surface area contributed by atoms with Gasteiger partial charge in [-0.1, -0.05) is 44.9 Å². The van der Waals surface area contributed by atoms with Crippen LogP contribution in [0, 0.1) is 5.92 Å². The zero-order valence-corrected chi connectivity index (χ0v) is 14.8. The molecule has 1 aromatic heterocycles. The summed E-state index contributed by atoms with van der Waals surface area (Å²) in [6.45, 7) is 2.24. The largest absolute Gasteiger partial charge is 0.370 e. The van der Waals surface area contributed by atoms with E-state index in [1.165, 1.54) is 63.5 Å². The number of carbonyl (C=O) groups is 1. The van der Waals surface area contributed by atoms with E-state index in [2.05, 4.69) is 21.3 Å². The molecule has 1 aromatic rings. The Balaban J connectivity index is 1.45. The summed E-state index contributed by atoms with van der Waals surface area (Å²) in [5.74, 6) is 1.54. The Kier molecular flexibility index (Phi) is 6.50. The van der Waals surface area contributed by atoms with Gasteiger partial charge in [0, 0.05) is 19.5 Å². The number of pyridine rings is 1. The molecule has 1 aliphatic heterocycles. The van der Waals surface area contributed by atoms with E-state index >= 15 is 0 Å². The maximum atomic E-state index is 12.1. The number of hydrogen-bond acceptors (Lipinski definition) is 3. The van der Waals surface area contributed by atoms with Gasteiger partial charge in [0.1, 0.15) is 5.82 Å². The number of rotatable bonds is 5. The third kappa shape index (κ3) is 5.22. The minimum absolute atomic E-state index is 0.107. The highest BCUT2D eigenvalue weighted by atomic mass is 16.1. The van der Waals surface area contributed by atoms with Crippen molar-refractivity contribution in [3.8, 4) is 0 Å². The maximum Gasteiger partial charge on any atom is 0.225 e. The fraction of sp³-hybridized carbons (Fsp3) is 0.700. The number of anilines is 2. The van der Waals surface area contributed by atoms with Gasteiger partial charge in [-0.15, -0.1) is 0 Å². The molecule has 1 saturated heterocycles. The van der Waals surface area contributed by atoms with Gasteiger partial charge in [-0.2, -0.15) is 0 Å². The van der Waals surface area contributed by atoms with Crippen molar-refractivity contribution in [3.05, 3.63) is 18.3 Å². The van der Waals surface area contributed by atoms with Crippen LogP contribution in [0.2, 0.25) is 0 Å². The topological polar surface area (TPSA) is 45.2 Å². The molecule has 1 amide bonds. The summed E-state index contributed by atoms with van der Waals surface area (Å²) in [5.41, 5.74) is 1.18. The van der Waals surface area contributed by atoms with E-state index in [0.29, 0.717) is 12.2 Å². The van der Waals surface area contributed by atoms with Crippen molar-refractivity contribution in [1.29, 1.82) is 0 Å². The van der Waals surface area contributed by atoms with Crippen LogP contribution in [-0.2, 0) is 4.79 Å². The van der Waals surface area contributed by atoms with E-state index in [4.69, 9.17) is 0 Å². The minimum atomic E-state index is 0.107. The average Bonchev–Trinajstić information content (AvgIpc) is 2.91. The minimum Gasteiger partial charge on any atom is -0.370 e. The molecule has 2 fully saturated rings. The highest BCUT2D eigenvalue weighted by molar-refractivity contribution is 5.89. The first-order chi connectivity index (χ1) is 11.8.